The van der Waals surface area contributed by atoms with Crippen molar-refractivity contribution in [3.8, 4) is 5.75 Å². The average Bonchev–Trinajstić information content (AvgIpc) is 2.93. The van der Waals surface area contributed by atoms with Gasteiger partial charge < -0.3 is 9.64 Å². The molecule has 5 heteroatoms. The summed E-state index contributed by atoms with van der Waals surface area (Å²) >= 11 is 0. The predicted molar refractivity (Wildman–Crippen MR) is 162 cm³/mol. The highest BCUT2D eigenvalue weighted by molar-refractivity contribution is 6.06. The Morgan fingerprint density at radius 1 is 0.714 bits per heavy atom. The fourth-order valence-electron chi connectivity index (χ4n) is 6.84. The molecule has 0 N–H and O–H groups in total. The van der Waals surface area contributed by atoms with Crippen LogP contribution in [0.5, 0.6) is 5.75 Å². The smallest absolute Gasteiger partial charge is 0.162 e. The van der Waals surface area contributed by atoms with Crippen LogP contribution in [0, 0.1) is 16.6 Å². The lowest BCUT2D eigenvalue weighted by molar-refractivity contribution is -0.119. The summed E-state index contributed by atoms with van der Waals surface area (Å²) in [6.07, 6.45) is 2.48. The lowest BCUT2D eigenvalue weighted by atomic mass is 9.63. The molecule has 0 fully saturated rings. The van der Waals surface area contributed by atoms with Crippen LogP contribution in [0.4, 0.5) is 4.39 Å². The Kier molecular flexibility index (Phi) is 7.16. The van der Waals surface area contributed by atoms with Gasteiger partial charge in [-0.05, 0) is 64.6 Å². The Balaban J connectivity index is 1.42. The van der Waals surface area contributed by atoms with Gasteiger partial charge in [0, 0.05) is 47.8 Å². The molecule has 3 aromatic carbocycles. The zero-order chi connectivity index (χ0) is 29.6. The van der Waals surface area contributed by atoms with Crippen LogP contribution in [0.15, 0.2) is 101 Å². The molecule has 0 radical (unpaired) electrons. The lowest BCUT2D eigenvalue weighted by Gasteiger charge is -2.49. The number of Topliss-reactive ketones (excluding diaryl/α,β-unsaturated/α-hetero) is 2. The molecule has 0 saturated carbocycles. The molecular weight excluding hydrogens is 525 g/mol. The SMILES string of the molecule is CC1(C)CC(=O)C2=C(C1)N(Cc1ccccc1)C1=C(C(=O)CC(C)(C)C1)C2c1ccc(OCc2ccc(F)cc2)cc1. The van der Waals surface area contributed by atoms with Gasteiger partial charge in [-0.3, -0.25) is 9.59 Å². The van der Waals surface area contributed by atoms with Crippen molar-refractivity contribution in [1.82, 2.24) is 4.90 Å². The molecule has 3 aliphatic rings. The molecule has 0 amide bonds. The Morgan fingerprint density at radius 3 is 1.81 bits per heavy atom. The summed E-state index contributed by atoms with van der Waals surface area (Å²) in [5.74, 6) is 0.275. The van der Waals surface area contributed by atoms with Crippen molar-refractivity contribution in [1.29, 1.82) is 0 Å². The normalized spacial score (nSPS) is 20.0. The molecule has 0 aromatic heterocycles. The molecular formula is C37H38FNO3. The molecule has 0 spiro atoms. The predicted octanol–water partition coefficient (Wildman–Crippen LogP) is 8.29. The Hall–Kier alpha value is -3.99. The third kappa shape index (κ3) is 5.57. The molecule has 4 nitrogen and oxygen atoms in total. The number of ether oxygens (including phenoxy) is 1. The third-order valence-electron chi connectivity index (χ3n) is 8.74. The van der Waals surface area contributed by atoms with Gasteiger partial charge in [-0.15, -0.1) is 0 Å². The highest BCUT2D eigenvalue weighted by Gasteiger charge is 2.48. The van der Waals surface area contributed by atoms with E-state index in [1.807, 2.05) is 42.5 Å². The first-order chi connectivity index (χ1) is 20.0. The van der Waals surface area contributed by atoms with E-state index in [1.54, 1.807) is 12.1 Å². The molecule has 6 rings (SSSR count). The van der Waals surface area contributed by atoms with E-state index in [0.29, 0.717) is 31.7 Å². The molecule has 0 bridgehead atoms. The fraction of sp³-hybridized carbons (Fsp3) is 0.351. The van der Waals surface area contributed by atoms with E-state index in [4.69, 9.17) is 4.74 Å². The fourth-order valence-corrected chi connectivity index (χ4v) is 6.84. The maximum absolute atomic E-state index is 14.0. The van der Waals surface area contributed by atoms with E-state index in [1.165, 1.54) is 12.1 Å². The van der Waals surface area contributed by atoms with Crippen molar-refractivity contribution in [3.63, 3.8) is 0 Å². The van der Waals surface area contributed by atoms with Crippen LogP contribution in [0.1, 0.15) is 76.0 Å². The maximum atomic E-state index is 14.0. The first-order valence-electron chi connectivity index (χ1n) is 14.8. The molecule has 1 aliphatic heterocycles. The maximum Gasteiger partial charge on any atom is 0.162 e. The molecule has 42 heavy (non-hydrogen) atoms. The number of nitrogens with zero attached hydrogens (tertiary/aromatic N) is 1. The van der Waals surface area contributed by atoms with Gasteiger partial charge in [0.2, 0.25) is 0 Å². The van der Waals surface area contributed by atoms with E-state index >= 15 is 0 Å². The third-order valence-corrected chi connectivity index (χ3v) is 8.74. The van der Waals surface area contributed by atoms with Crippen LogP contribution >= 0.6 is 0 Å². The van der Waals surface area contributed by atoms with Gasteiger partial charge in [0.1, 0.15) is 18.2 Å². The Bertz CT molecular complexity index is 1530. The van der Waals surface area contributed by atoms with Crippen LogP contribution in [-0.2, 0) is 22.7 Å². The standard InChI is InChI=1S/C37H38FNO3/c1-36(2)18-29-34(31(40)20-36)33(26-12-16-28(17-13-26)42-23-25-10-14-27(38)15-11-25)35-30(19-37(3,4)21-32(35)41)39(29)22-24-8-6-5-7-9-24/h5-17,33H,18-23H2,1-4H3. The van der Waals surface area contributed by atoms with Gasteiger partial charge in [0.05, 0.1) is 0 Å². The van der Waals surface area contributed by atoms with E-state index in [2.05, 4.69) is 44.7 Å². The first kappa shape index (κ1) is 28.1. The molecule has 0 atom stereocenters. The molecule has 216 valence electrons. The Labute approximate surface area is 247 Å². The summed E-state index contributed by atoms with van der Waals surface area (Å²) < 4.78 is 19.3. The topological polar surface area (TPSA) is 46.6 Å². The molecule has 1 heterocycles. The zero-order valence-corrected chi connectivity index (χ0v) is 24.9. The van der Waals surface area contributed by atoms with E-state index in [0.717, 1.165) is 52.1 Å². The van der Waals surface area contributed by atoms with Crippen LogP contribution in [0.3, 0.4) is 0 Å². The number of benzene rings is 3. The number of ketones is 2. The second-order valence-electron chi connectivity index (χ2n) is 13.6. The van der Waals surface area contributed by atoms with Gasteiger partial charge in [0.15, 0.2) is 11.6 Å². The number of carbonyl (C=O) groups excluding carboxylic acids is 2. The summed E-state index contributed by atoms with van der Waals surface area (Å²) in [6, 6.07) is 24.4. The minimum absolute atomic E-state index is 0.130. The number of allylic oxidation sites excluding steroid dienone is 4. The van der Waals surface area contributed by atoms with Gasteiger partial charge in [-0.25, -0.2) is 4.39 Å². The van der Waals surface area contributed by atoms with E-state index < -0.39 is 0 Å². The highest BCUT2D eigenvalue weighted by Crippen LogP contribution is 2.54. The minimum Gasteiger partial charge on any atom is -0.489 e. The summed E-state index contributed by atoms with van der Waals surface area (Å²) in [6.45, 7) is 9.61. The van der Waals surface area contributed by atoms with E-state index in [-0.39, 0.29) is 34.1 Å². The summed E-state index contributed by atoms with van der Waals surface area (Å²) in [7, 11) is 0. The van der Waals surface area contributed by atoms with Crippen molar-refractivity contribution in [2.75, 3.05) is 0 Å². The number of hydrogen-bond donors (Lipinski definition) is 0. The summed E-state index contributed by atoms with van der Waals surface area (Å²) in [5, 5.41) is 0. The zero-order valence-electron chi connectivity index (χ0n) is 24.9. The minimum atomic E-state index is -0.389. The summed E-state index contributed by atoms with van der Waals surface area (Å²) in [4.78, 5) is 30.3. The quantitative estimate of drug-likeness (QED) is 0.303. The van der Waals surface area contributed by atoms with Crippen LogP contribution in [0.25, 0.3) is 0 Å². The van der Waals surface area contributed by atoms with Gasteiger partial charge in [-0.1, -0.05) is 82.3 Å². The second-order valence-corrected chi connectivity index (χ2v) is 13.6. The van der Waals surface area contributed by atoms with Crippen molar-refractivity contribution in [2.45, 2.75) is 72.4 Å². The van der Waals surface area contributed by atoms with Crippen molar-refractivity contribution >= 4 is 11.6 Å². The van der Waals surface area contributed by atoms with Crippen molar-refractivity contribution in [2.24, 2.45) is 10.8 Å². The molecule has 0 unspecified atom stereocenters. The highest BCUT2D eigenvalue weighted by atomic mass is 19.1. The van der Waals surface area contributed by atoms with Crippen molar-refractivity contribution < 1.29 is 18.7 Å². The number of hydrogen-bond acceptors (Lipinski definition) is 4. The van der Waals surface area contributed by atoms with Crippen LogP contribution < -0.4 is 4.74 Å². The second kappa shape index (κ2) is 10.7. The van der Waals surface area contributed by atoms with Crippen LogP contribution in [-0.4, -0.2) is 16.5 Å². The first-order valence-corrected chi connectivity index (χ1v) is 14.8. The largest absolute Gasteiger partial charge is 0.489 e. The number of carbonyl (C=O) groups is 2. The number of rotatable bonds is 6. The van der Waals surface area contributed by atoms with E-state index in [9.17, 15) is 14.0 Å². The van der Waals surface area contributed by atoms with Crippen molar-refractivity contribution in [3.05, 3.63) is 124 Å². The van der Waals surface area contributed by atoms with Gasteiger partial charge >= 0.3 is 0 Å². The molecule has 2 aliphatic carbocycles. The van der Waals surface area contributed by atoms with Crippen LogP contribution in [0.2, 0.25) is 0 Å². The lowest BCUT2D eigenvalue weighted by Crippen LogP contribution is -2.44. The molecule has 3 aromatic rings. The molecule has 0 saturated heterocycles. The van der Waals surface area contributed by atoms with Gasteiger partial charge in [0.25, 0.3) is 0 Å². The van der Waals surface area contributed by atoms with Gasteiger partial charge in [-0.2, -0.15) is 0 Å². The average molecular weight is 564 g/mol. The number of halogens is 1. The monoisotopic (exact) mass is 563 g/mol. The summed E-state index contributed by atoms with van der Waals surface area (Å²) in [5.41, 5.74) is 6.31. The Morgan fingerprint density at radius 2 is 1.26 bits per heavy atom.